The average Bonchev–Trinajstić information content (AvgIpc) is 3.56. The molecule has 8 nitrogen and oxygen atoms in total. The van der Waals surface area contributed by atoms with Crippen molar-refractivity contribution in [3.63, 3.8) is 0 Å². The number of hydrogen-bond acceptors (Lipinski definition) is 6. The lowest BCUT2D eigenvalue weighted by atomic mass is 9.97. The van der Waals surface area contributed by atoms with E-state index in [4.69, 9.17) is 4.74 Å². The fourth-order valence-electron chi connectivity index (χ4n) is 5.10. The first-order valence-corrected chi connectivity index (χ1v) is 14.1. The number of piperidine rings is 1. The first kappa shape index (κ1) is 25.5. The van der Waals surface area contributed by atoms with E-state index >= 15 is 0 Å². The fourth-order valence-corrected chi connectivity index (χ4v) is 5.67. The van der Waals surface area contributed by atoms with Crippen LogP contribution in [-0.4, -0.2) is 64.0 Å². The zero-order chi connectivity index (χ0) is 24.5. The van der Waals surface area contributed by atoms with Crippen molar-refractivity contribution < 1.29 is 14.3 Å². The molecule has 1 aliphatic carbocycles. The predicted octanol–water partition coefficient (Wildman–Crippen LogP) is 3.87. The monoisotopic (exact) mass is 499 g/mol. The lowest BCUT2D eigenvalue weighted by Crippen LogP contribution is -2.45. The summed E-state index contributed by atoms with van der Waals surface area (Å²) in [4.78, 5) is 27.2. The molecule has 2 heterocycles. The number of nitrogens with one attached hydrogen (secondary N) is 1. The largest absolute Gasteiger partial charge is 0.493 e. The Hall–Kier alpha value is -2.55. The van der Waals surface area contributed by atoms with E-state index in [0.29, 0.717) is 38.7 Å². The number of carbonyl (C=O) groups excluding carboxylic acids is 2. The Bertz CT molecular complexity index is 961. The van der Waals surface area contributed by atoms with Gasteiger partial charge in [0, 0.05) is 32.1 Å². The van der Waals surface area contributed by atoms with Crippen molar-refractivity contribution in [2.75, 3.05) is 32.5 Å². The minimum absolute atomic E-state index is 0.0464. The molecule has 1 aromatic heterocycles. The smallest absolute Gasteiger partial charge is 0.226 e. The van der Waals surface area contributed by atoms with E-state index in [1.54, 1.807) is 11.8 Å². The first-order chi connectivity index (χ1) is 17.2. The van der Waals surface area contributed by atoms with Gasteiger partial charge < -0.3 is 19.5 Å². The molecule has 1 atom stereocenters. The summed E-state index contributed by atoms with van der Waals surface area (Å²) in [6.07, 6.45) is 10.6. The molecule has 0 bridgehead atoms. The van der Waals surface area contributed by atoms with E-state index in [-0.39, 0.29) is 17.7 Å². The van der Waals surface area contributed by atoms with Gasteiger partial charge in [-0.15, -0.1) is 10.2 Å². The van der Waals surface area contributed by atoms with Gasteiger partial charge >= 0.3 is 0 Å². The maximum absolute atomic E-state index is 12.8. The highest BCUT2D eigenvalue weighted by Gasteiger charge is 2.28. The second-order valence-corrected chi connectivity index (χ2v) is 10.2. The molecule has 2 amide bonds. The van der Waals surface area contributed by atoms with E-state index in [2.05, 4.69) is 20.1 Å². The number of carbonyl (C=O) groups is 2. The Labute approximate surface area is 212 Å². The molecule has 1 unspecified atom stereocenters. The summed E-state index contributed by atoms with van der Waals surface area (Å²) in [5, 5.41) is 12.9. The van der Waals surface area contributed by atoms with E-state index in [1.165, 1.54) is 25.7 Å². The van der Waals surface area contributed by atoms with Crippen LogP contribution in [0.15, 0.2) is 35.5 Å². The van der Waals surface area contributed by atoms with E-state index < -0.39 is 0 Å². The summed E-state index contributed by atoms with van der Waals surface area (Å²) in [5.74, 6) is 1.75. The molecule has 190 valence electrons. The Morgan fingerprint density at radius 2 is 1.91 bits per heavy atom. The summed E-state index contributed by atoms with van der Waals surface area (Å²) in [6, 6.07) is 10.0. The van der Waals surface area contributed by atoms with Gasteiger partial charge in [-0.25, -0.2) is 0 Å². The van der Waals surface area contributed by atoms with Gasteiger partial charge in [0.05, 0.1) is 18.9 Å². The molecule has 0 spiro atoms. The highest BCUT2D eigenvalue weighted by atomic mass is 32.2. The van der Waals surface area contributed by atoms with Gasteiger partial charge in [0.15, 0.2) is 5.16 Å². The summed E-state index contributed by atoms with van der Waals surface area (Å²) >= 11 is 1.65. The third-order valence-corrected chi connectivity index (χ3v) is 7.60. The number of hydrogen-bond donors (Lipinski definition) is 1. The molecule has 1 saturated carbocycles. The number of nitrogens with zero attached hydrogens (tertiary/aromatic N) is 4. The minimum atomic E-state index is -0.145. The van der Waals surface area contributed by atoms with Gasteiger partial charge in [-0.05, 0) is 50.5 Å². The minimum Gasteiger partial charge on any atom is -0.493 e. The number of likely N-dealkylation sites (tertiary alicyclic amines) is 1. The number of thioether (sulfide) groups is 1. The number of rotatable bonds is 11. The maximum Gasteiger partial charge on any atom is 0.226 e. The van der Waals surface area contributed by atoms with E-state index in [9.17, 15) is 9.59 Å². The van der Waals surface area contributed by atoms with Gasteiger partial charge in [-0.3, -0.25) is 9.59 Å². The molecular formula is C26H37N5O3S. The summed E-state index contributed by atoms with van der Waals surface area (Å²) in [6.45, 7) is 2.16. The molecule has 9 heteroatoms. The fraction of sp³-hybridized carbons (Fsp3) is 0.615. The zero-order valence-electron chi connectivity index (χ0n) is 20.7. The Balaban J connectivity index is 1.18. The Kier molecular flexibility index (Phi) is 9.45. The van der Waals surface area contributed by atoms with Crippen LogP contribution >= 0.6 is 11.8 Å². The standard InChI is InChI=1S/C26H37N5O3S/c1-35-26-29-28-23(31(26)21-10-5-6-11-21)14-7-16-27-25(33)20-9-8-17-30(19-20)24(32)15-18-34-22-12-3-2-4-13-22/h2-4,12-13,20-21H,5-11,14-19H2,1H3,(H,27,33). The van der Waals surface area contributed by atoms with Crippen molar-refractivity contribution in [2.45, 2.75) is 69.0 Å². The quantitative estimate of drug-likeness (QED) is 0.373. The van der Waals surface area contributed by atoms with E-state index in [1.807, 2.05) is 41.5 Å². The van der Waals surface area contributed by atoms with Crippen LogP contribution in [0.1, 0.15) is 63.2 Å². The molecule has 2 aromatic rings. The normalized spacial score (nSPS) is 18.5. The first-order valence-electron chi connectivity index (χ1n) is 12.9. The molecule has 2 fully saturated rings. The van der Waals surface area contributed by atoms with Crippen molar-refractivity contribution in [3.8, 4) is 5.75 Å². The average molecular weight is 500 g/mol. The van der Waals surface area contributed by atoms with Gasteiger partial charge in [0.25, 0.3) is 0 Å². The summed E-state index contributed by atoms with van der Waals surface area (Å²) in [5.41, 5.74) is 0. The number of amides is 2. The SMILES string of the molecule is CSc1nnc(CCCNC(=O)C2CCCN(C(=O)CCOc3ccccc3)C2)n1C1CCCC1. The van der Waals surface area contributed by atoms with Crippen molar-refractivity contribution in [1.82, 2.24) is 25.0 Å². The second kappa shape index (κ2) is 13.0. The lowest BCUT2D eigenvalue weighted by molar-refractivity contribution is -0.136. The van der Waals surface area contributed by atoms with Crippen LogP contribution in [-0.2, 0) is 16.0 Å². The van der Waals surface area contributed by atoms with Crippen LogP contribution < -0.4 is 10.1 Å². The van der Waals surface area contributed by atoms with Gasteiger partial charge in [-0.2, -0.15) is 0 Å². The van der Waals surface area contributed by atoms with Crippen LogP contribution in [0.25, 0.3) is 0 Å². The molecule has 1 saturated heterocycles. The molecule has 0 radical (unpaired) electrons. The lowest BCUT2D eigenvalue weighted by Gasteiger charge is -2.32. The molecule has 2 aliphatic rings. The maximum atomic E-state index is 12.8. The van der Waals surface area contributed by atoms with Crippen LogP contribution in [0.2, 0.25) is 0 Å². The van der Waals surface area contributed by atoms with Crippen molar-refractivity contribution >= 4 is 23.6 Å². The topological polar surface area (TPSA) is 89.3 Å². The zero-order valence-corrected chi connectivity index (χ0v) is 21.5. The number of benzene rings is 1. The predicted molar refractivity (Wildman–Crippen MR) is 136 cm³/mol. The van der Waals surface area contributed by atoms with Crippen LogP contribution in [0.3, 0.4) is 0 Å². The third-order valence-electron chi connectivity index (χ3n) is 6.96. The van der Waals surface area contributed by atoms with Crippen LogP contribution in [0.5, 0.6) is 5.75 Å². The highest BCUT2D eigenvalue weighted by Crippen LogP contribution is 2.33. The summed E-state index contributed by atoms with van der Waals surface area (Å²) < 4.78 is 7.98. The van der Waals surface area contributed by atoms with Crippen LogP contribution in [0, 0.1) is 5.92 Å². The number of aromatic nitrogens is 3. The van der Waals surface area contributed by atoms with Crippen molar-refractivity contribution in [2.24, 2.45) is 5.92 Å². The van der Waals surface area contributed by atoms with Crippen molar-refractivity contribution in [1.29, 1.82) is 0 Å². The second-order valence-electron chi connectivity index (χ2n) is 9.40. The third kappa shape index (κ3) is 6.99. The number of aryl methyl sites for hydroxylation is 1. The molecule has 1 aliphatic heterocycles. The number of para-hydroxylation sites is 1. The molecule has 4 rings (SSSR count). The van der Waals surface area contributed by atoms with Gasteiger partial charge in [0.1, 0.15) is 11.6 Å². The molecule has 35 heavy (non-hydrogen) atoms. The van der Waals surface area contributed by atoms with Crippen molar-refractivity contribution in [3.05, 3.63) is 36.2 Å². The van der Waals surface area contributed by atoms with Gasteiger partial charge in [0.2, 0.25) is 11.8 Å². The highest BCUT2D eigenvalue weighted by molar-refractivity contribution is 7.98. The van der Waals surface area contributed by atoms with Gasteiger partial charge in [-0.1, -0.05) is 42.8 Å². The number of ether oxygens (including phenoxy) is 1. The molecular weight excluding hydrogens is 462 g/mol. The molecule has 1 aromatic carbocycles. The molecule has 1 N–H and O–H groups in total. The Morgan fingerprint density at radius 1 is 1.11 bits per heavy atom. The van der Waals surface area contributed by atoms with E-state index in [0.717, 1.165) is 42.4 Å². The Morgan fingerprint density at radius 3 is 2.69 bits per heavy atom. The summed E-state index contributed by atoms with van der Waals surface area (Å²) in [7, 11) is 0. The van der Waals surface area contributed by atoms with Crippen LogP contribution in [0.4, 0.5) is 0 Å².